The van der Waals surface area contributed by atoms with Crippen molar-refractivity contribution >= 4 is 23.9 Å². The molecule has 0 heterocycles. The van der Waals surface area contributed by atoms with Crippen LogP contribution in [0.2, 0.25) is 0 Å². The molecule has 2 aliphatic carbocycles. The Morgan fingerprint density at radius 2 is 1.58 bits per heavy atom. The molecule has 0 aromatic carbocycles. The monoisotopic (exact) mass is 340 g/mol. The molecule has 132 valence electrons. The zero-order chi connectivity index (χ0) is 18.4. The molecule has 8 nitrogen and oxygen atoms in total. The van der Waals surface area contributed by atoms with E-state index in [0.717, 1.165) is 0 Å². The van der Waals surface area contributed by atoms with Gasteiger partial charge in [-0.25, -0.2) is 0 Å². The zero-order valence-electron chi connectivity index (χ0n) is 13.4. The minimum atomic E-state index is -1.51. The van der Waals surface area contributed by atoms with Crippen LogP contribution in [0.5, 0.6) is 0 Å². The third-order valence-corrected chi connectivity index (χ3v) is 5.51. The minimum Gasteiger partial charge on any atom is -0.481 e. The maximum Gasteiger partial charge on any atom is 0.311 e. The third kappa shape index (κ3) is 2.65. The summed E-state index contributed by atoms with van der Waals surface area (Å²) in [6, 6.07) is 0. The molecule has 24 heavy (non-hydrogen) atoms. The molecule has 0 amide bonds. The average Bonchev–Trinajstić information content (AvgIpc) is 2.46. The normalized spacial score (nSPS) is 35.9. The van der Waals surface area contributed by atoms with E-state index < -0.39 is 53.0 Å². The summed E-state index contributed by atoms with van der Waals surface area (Å²) in [6.07, 6.45) is -0.240. The second kappa shape index (κ2) is 5.92. The number of carboxylic acids is 4. The molecule has 0 saturated heterocycles. The predicted octanol–water partition coefficient (Wildman–Crippen LogP) is 1.31. The zero-order valence-corrected chi connectivity index (χ0v) is 13.4. The van der Waals surface area contributed by atoms with Crippen molar-refractivity contribution in [3.05, 3.63) is 11.1 Å². The van der Waals surface area contributed by atoms with Gasteiger partial charge >= 0.3 is 23.9 Å². The van der Waals surface area contributed by atoms with Gasteiger partial charge in [-0.2, -0.15) is 0 Å². The maximum atomic E-state index is 11.8. The van der Waals surface area contributed by atoms with E-state index in [0.29, 0.717) is 5.57 Å². The summed E-state index contributed by atoms with van der Waals surface area (Å²) in [6.45, 7) is 2.95. The first kappa shape index (κ1) is 18.0. The summed E-state index contributed by atoms with van der Waals surface area (Å²) in [4.78, 5) is 46.5. The van der Waals surface area contributed by atoms with Crippen LogP contribution in [0.15, 0.2) is 11.1 Å². The van der Waals surface area contributed by atoms with Crippen molar-refractivity contribution in [2.75, 3.05) is 0 Å². The van der Waals surface area contributed by atoms with E-state index in [1.807, 2.05) is 0 Å². The number of carboxylic acid groups (broad SMARTS) is 4. The minimum absolute atomic E-state index is 0.000918. The number of aliphatic carboxylic acids is 4. The van der Waals surface area contributed by atoms with Gasteiger partial charge in [0.15, 0.2) is 0 Å². The van der Waals surface area contributed by atoms with E-state index in [9.17, 15) is 39.6 Å². The second-order valence-electron chi connectivity index (χ2n) is 6.95. The summed E-state index contributed by atoms with van der Waals surface area (Å²) in [5.74, 6) is -9.25. The maximum absolute atomic E-state index is 11.8. The SMILES string of the molecule is CC1=C2C(C(=O)O)C(C(=O)O)CC(C)(C(=O)O)C2CC(C(=O)O)C1. The summed E-state index contributed by atoms with van der Waals surface area (Å²) in [7, 11) is 0. The van der Waals surface area contributed by atoms with Crippen molar-refractivity contribution in [1.29, 1.82) is 0 Å². The standard InChI is InChI=1S/C16H20O8/c1-6-3-7(12(17)18)4-9-10(6)11(14(21)22)8(13(19)20)5-16(9,2)15(23)24/h7-9,11H,3-5H2,1-2H3,(H,17,18)(H,19,20)(H,21,22)(H,23,24). The third-order valence-electron chi connectivity index (χ3n) is 5.51. The number of carbonyl (C=O) groups is 4. The highest BCUT2D eigenvalue weighted by molar-refractivity contribution is 5.86. The highest BCUT2D eigenvalue weighted by atomic mass is 16.4. The topological polar surface area (TPSA) is 149 Å². The predicted molar refractivity (Wildman–Crippen MR) is 79.2 cm³/mol. The molecule has 5 atom stereocenters. The van der Waals surface area contributed by atoms with E-state index in [2.05, 4.69) is 0 Å². The lowest BCUT2D eigenvalue weighted by molar-refractivity contribution is -0.166. The lowest BCUT2D eigenvalue weighted by atomic mass is 9.53. The van der Waals surface area contributed by atoms with Gasteiger partial charge in [0.2, 0.25) is 0 Å². The van der Waals surface area contributed by atoms with Crippen LogP contribution >= 0.6 is 0 Å². The Morgan fingerprint density at radius 3 is 2.00 bits per heavy atom. The van der Waals surface area contributed by atoms with Gasteiger partial charge in [0.1, 0.15) is 0 Å². The van der Waals surface area contributed by atoms with Gasteiger partial charge in [0.05, 0.1) is 23.2 Å². The van der Waals surface area contributed by atoms with Crippen molar-refractivity contribution in [1.82, 2.24) is 0 Å². The highest BCUT2D eigenvalue weighted by Gasteiger charge is 2.58. The molecule has 0 radical (unpaired) electrons. The van der Waals surface area contributed by atoms with Crippen LogP contribution in [0.1, 0.15) is 33.1 Å². The van der Waals surface area contributed by atoms with Crippen molar-refractivity contribution < 1.29 is 39.6 Å². The molecule has 0 aliphatic heterocycles. The molecule has 1 fully saturated rings. The van der Waals surface area contributed by atoms with E-state index in [1.54, 1.807) is 6.92 Å². The molecule has 5 unspecified atom stereocenters. The first-order valence-corrected chi connectivity index (χ1v) is 7.62. The van der Waals surface area contributed by atoms with Crippen molar-refractivity contribution in [3.8, 4) is 0 Å². The van der Waals surface area contributed by atoms with Crippen molar-refractivity contribution in [3.63, 3.8) is 0 Å². The fraction of sp³-hybridized carbons (Fsp3) is 0.625. The first-order chi connectivity index (χ1) is 11.0. The summed E-state index contributed by atoms with van der Waals surface area (Å²) < 4.78 is 0. The average molecular weight is 340 g/mol. The molecule has 0 aromatic heterocycles. The summed E-state index contributed by atoms with van der Waals surface area (Å²) in [5.41, 5.74) is -0.757. The Morgan fingerprint density at radius 1 is 1.00 bits per heavy atom. The Labute approximate surface area is 137 Å². The van der Waals surface area contributed by atoms with Crippen molar-refractivity contribution in [2.24, 2.45) is 29.1 Å². The van der Waals surface area contributed by atoms with Crippen LogP contribution in [0.4, 0.5) is 0 Å². The molecule has 2 rings (SSSR count). The van der Waals surface area contributed by atoms with E-state index in [4.69, 9.17) is 0 Å². The number of fused-ring (bicyclic) bond motifs is 1. The van der Waals surface area contributed by atoms with E-state index in [1.165, 1.54) is 6.92 Å². The van der Waals surface area contributed by atoms with Crippen LogP contribution in [0, 0.1) is 29.1 Å². The van der Waals surface area contributed by atoms with Gasteiger partial charge in [-0.1, -0.05) is 11.1 Å². The molecule has 0 spiro atoms. The van der Waals surface area contributed by atoms with Crippen molar-refractivity contribution in [2.45, 2.75) is 33.1 Å². The Balaban J connectivity index is 2.66. The number of rotatable bonds is 4. The molecule has 8 heteroatoms. The number of allylic oxidation sites excluding steroid dienone is 1. The molecule has 2 aliphatic rings. The highest BCUT2D eigenvalue weighted by Crippen LogP contribution is 2.56. The largest absolute Gasteiger partial charge is 0.481 e. The molecular weight excluding hydrogens is 320 g/mol. The van der Waals surface area contributed by atoms with Crippen LogP contribution in [-0.4, -0.2) is 44.3 Å². The van der Waals surface area contributed by atoms with Crippen LogP contribution in [0.3, 0.4) is 0 Å². The van der Waals surface area contributed by atoms with Gasteiger partial charge in [0, 0.05) is 0 Å². The van der Waals surface area contributed by atoms with Crippen LogP contribution < -0.4 is 0 Å². The van der Waals surface area contributed by atoms with Gasteiger partial charge < -0.3 is 20.4 Å². The van der Waals surface area contributed by atoms with Gasteiger partial charge in [-0.3, -0.25) is 19.2 Å². The van der Waals surface area contributed by atoms with Gasteiger partial charge in [0.25, 0.3) is 0 Å². The molecular formula is C16H20O8. The van der Waals surface area contributed by atoms with E-state index in [-0.39, 0.29) is 24.8 Å². The fourth-order valence-corrected chi connectivity index (χ4v) is 4.26. The van der Waals surface area contributed by atoms with Gasteiger partial charge in [-0.15, -0.1) is 0 Å². The summed E-state index contributed by atoms with van der Waals surface area (Å²) in [5, 5.41) is 37.9. The Kier molecular flexibility index (Phi) is 4.43. The van der Waals surface area contributed by atoms with Crippen LogP contribution in [0.25, 0.3) is 0 Å². The summed E-state index contributed by atoms with van der Waals surface area (Å²) >= 11 is 0. The molecule has 1 saturated carbocycles. The van der Waals surface area contributed by atoms with E-state index >= 15 is 0 Å². The smallest absolute Gasteiger partial charge is 0.311 e. The quantitative estimate of drug-likeness (QED) is 0.560. The lowest BCUT2D eigenvalue weighted by Gasteiger charge is -2.48. The van der Waals surface area contributed by atoms with Gasteiger partial charge in [-0.05, 0) is 39.0 Å². The number of hydrogen-bond donors (Lipinski definition) is 4. The molecule has 4 N–H and O–H groups in total. The van der Waals surface area contributed by atoms with Crippen LogP contribution in [-0.2, 0) is 19.2 Å². The second-order valence-corrected chi connectivity index (χ2v) is 6.95. The Bertz CT molecular complexity index is 648. The number of hydrogen-bond acceptors (Lipinski definition) is 4. The molecule has 0 bridgehead atoms. The lowest BCUT2D eigenvalue weighted by Crippen LogP contribution is -2.52. The molecule has 0 aromatic rings. The first-order valence-electron chi connectivity index (χ1n) is 7.62. The fourth-order valence-electron chi connectivity index (χ4n) is 4.26. The Hall–Kier alpha value is -2.38.